The van der Waals surface area contributed by atoms with Gasteiger partial charge in [0.05, 0.1) is 12.5 Å². The van der Waals surface area contributed by atoms with Crippen LogP contribution in [0.4, 0.5) is 0 Å². The fraction of sp³-hybridized carbons (Fsp3) is 0.500. The molecule has 0 amide bonds. The third kappa shape index (κ3) is 4.10. The van der Waals surface area contributed by atoms with Crippen molar-refractivity contribution in [3.05, 3.63) is 29.8 Å². The molecule has 0 radical (unpaired) electrons. The number of aromatic hydroxyl groups is 1. The molecule has 17 heavy (non-hydrogen) atoms. The SMILES string of the molecule is CCOC(=O)C(CC(C)C)c1cccc(O)c1. The van der Waals surface area contributed by atoms with Gasteiger partial charge in [-0.1, -0.05) is 26.0 Å². The number of hydrogen-bond donors (Lipinski definition) is 1. The summed E-state index contributed by atoms with van der Waals surface area (Å²) in [7, 11) is 0. The Morgan fingerprint density at radius 3 is 2.65 bits per heavy atom. The van der Waals surface area contributed by atoms with Crippen LogP contribution in [-0.2, 0) is 9.53 Å². The summed E-state index contributed by atoms with van der Waals surface area (Å²) in [6.45, 7) is 6.31. The lowest BCUT2D eigenvalue weighted by Crippen LogP contribution is -2.17. The highest BCUT2D eigenvalue weighted by atomic mass is 16.5. The van der Waals surface area contributed by atoms with Gasteiger partial charge in [0.2, 0.25) is 0 Å². The summed E-state index contributed by atoms with van der Waals surface area (Å²) in [4.78, 5) is 11.9. The van der Waals surface area contributed by atoms with E-state index in [2.05, 4.69) is 13.8 Å². The molecule has 0 saturated heterocycles. The highest BCUT2D eigenvalue weighted by molar-refractivity contribution is 5.78. The van der Waals surface area contributed by atoms with Crippen LogP contribution in [0.5, 0.6) is 5.75 Å². The van der Waals surface area contributed by atoms with Crippen LogP contribution in [-0.4, -0.2) is 17.7 Å². The monoisotopic (exact) mass is 236 g/mol. The van der Waals surface area contributed by atoms with Crippen LogP contribution in [0.15, 0.2) is 24.3 Å². The highest BCUT2D eigenvalue weighted by Crippen LogP contribution is 2.27. The van der Waals surface area contributed by atoms with Gasteiger partial charge in [-0.05, 0) is 37.0 Å². The van der Waals surface area contributed by atoms with E-state index in [1.165, 1.54) is 0 Å². The molecule has 0 aliphatic heterocycles. The Morgan fingerprint density at radius 2 is 2.12 bits per heavy atom. The summed E-state index contributed by atoms with van der Waals surface area (Å²) in [5.74, 6) is 0.0705. The predicted molar refractivity (Wildman–Crippen MR) is 66.9 cm³/mol. The van der Waals surface area contributed by atoms with E-state index in [1.807, 2.05) is 6.07 Å². The number of benzene rings is 1. The number of carbonyl (C=O) groups excluding carboxylic acids is 1. The zero-order valence-corrected chi connectivity index (χ0v) is 10.6. The second-order valence-electron chi connectivity index (χ2n) is 4.53. The molecule has 0 fully saturated rings. The molecule has 1 N–H and O–H groups in total. The second-order valence-corrected chi connectivity index (χ2v) is 4.53. The molecule has 0 bridgehead atoms. The average Bonchev–Trinajstić information content (AvgIpc) is 2.26. The number of phenolic OH excluding ortho intramolecular Hbond substituents is 1. The lowest BCUT2D eigenvalue weighted by atomic mass is 9.90. The van der Waals surface area contributed by atoms with Crippen molar-refractivity contribution in [1.82, 2.24) is 0 Å². The Balaban J connectivity index is 2.93. The van der Waals surface area contributed by atoms with Gasteiger partial charge in [0.1, 0.15) is 5.75 Å². The van der Waals surface area contributed by atoms with Gasteiger partial charge < -0.3 is 9.84 Å². The quantitative estimate of drug-likeness (QED) is 0.799. The van der Waals surface area contributed by atoms with Crippen LogP contribution in [0.2, 0.25) is 0 Å². The Labute approximate surface area is 102 Å². The van der Waals surface area contributed by atoms with E-state index < -0.39 is 0 Å². The molecule has 1 atom stereocenters. The molecule has 0 aromatic heterocycles. The summed E-state index contributed by atoms with van der Waals surface area (Å²) < 4.78 is 5.08. The second kappa shape index (κ2) is 6.28. The van der Waals surface area contributed by atoms with Gasteiger partial charge in [-0.3, -0.25) is 4.79 Å². The number of rotatable bonds is 5. The van der Waals surface area contributed by atoms with Gasteiger partial charge in [-0.25, -0.2) is 0 Å². The molecule has 3 heteroatoms. The molecule has 0 aliphatic rings. The average molecular weight is 236 g/mol. The van der Waals surface area contributed by atoms with Crippen LogP contribution < -0.4 is 0 Å². The summed E-state index contributed by atoms with van der Waals surface area (Å²) in [5.41, 5.74) is 0.817. The first kappa shape index (κ1) is 13.6. The lowest BCUT2D eigenvalue weighted by Gasteiger charge is -2.18. The maximum Gasteiger partial charge on any atom is 0.313 e. The minimum Gasteiger partial charge on any atom is -0.508 e. The fourth-order valence-corrected chi connectivity index (χ4v) is 1.82. The van der Waals surface area contributed by atoms with Gasteiger partial charge in [-0.2, -0.15) is 0 Å². The molecule has 1 aromatic carbocycles. The van der Waals surface area contributed by atoms with Crippen molar-refractivity contribution in [1.29, 1.82) is 0 Å². The van der Waals surface area contributed by atoms with Crippen LogP contribution >= 0.6 is 0 Å². The molecule has 0 saturated carbocycles. The summed E-state index contributed by atoms with van der Waals surface area (Å²) in [5, 5.41) is 9.46. The first-order valence-electron chi connectivity index (χ1n) is 6.00. The first-order chi connectivity index (χ1) is 8.04. The lowest BCUT2D eigenvalue weighted by molar-refractivity contribution is -0.145. The van der Waals surface area contributed by atoms with Crippen LogP contribution in [0.25, 0.3) is 0 Å². The number of esters is 1. The van der Waals surface area contributed by atoms with Gasteiger partial charge in [-0.15, -0.1) is 0 Å². The molecular weight excluding hydrogens is 216 g/mol. The Kier molecular flexibility index (Phi) is 5.01. The van der Waals surface area contributed by atoms with E-state index in [4.69, 9.17) is 4.74 Å². The number of phenols is 1. The molecule has 1 rings (SSSR count). The predicted octanol–water partition coefficient (Wildman–Crippen LogP) is 3.09. The summed E-state index contributed by atoms with van der Waals surface area (Å²) in [6.07, 6.45) is 0.724. The largest absolute Gasteiger partial charge is 0.508 e. The molecule has 0 aliphatic carbocycles. The normalized spacial score (nSPS) is 12.5. The standard InChI is InChI=1S/C14H20O3/c1-4-17-14(16)13(8-10(2)3)11-6-5-7-12(15)9-11/h5-7,9-10,13,15H,4,8H2,1-3H3. The minimum atomic E-state index is -0.290. The number of hydrogen-bond acceptors (Lipinski definition) is 3. The van der Waals surface area contributed by atoms with E-state index in [-0.39, 0.29) is 17.6 Å². The minimum absolute atomic E-state index is 0.181. The molecule has 0 spiro atoms. The van der Waals surface area contributed by atoms with Gasteiger partial charge in [0.25, 0.3) is 0 Å². The summed E-state index contributed by atoms with van der Waals surface area (Å²) >= 11 is 0. The van der Waals surface area contributed by atoms with Crippen molar-refractivity contribution in [2.75, 3.05) is 6.61 Å². The zero-order chi connectivity index (χ0) is 12.8. The van der Waals surface area contributed by atoms with E-state index in [1.54, 1.807) is 25.1 Å². The maximum atomic E-state index is 11.9. The smallest absolute Gasteiger partial charge is 0.313 e. The van der Waals surface area contributed by atoms with Crippen LogP contribution in [0.1, 0.15) is 38.7 Å². The summed E-state index contributed by atoms with van der Waals surface area (Å²) in [6, 6.07) is 6.83. The molecule has 1 unspecified atom stereocenters. The topological polar surface area (TPSA) is 46.5 Å². The number of carbonyl (C=O) groups is 1. The van der Waals surface area contributed by atoms with Gasteiger partial charge >= 0.3 is 5.97 Å². The third-order valence-corrected chi connectivity index (χ3v) is 2.55. The maximum absolute atomic E-state index is 11.9. The van der Waals surface area contributed by atoms with Gasteiger partial charge in [0, 0.05) is 0 Å². The number of ether oxygens (including phenoxy) is 1. The van der Waals surface area contributed by atoms with E-state index in [9.17, 15) is 9.90 Å². The molecule has 94 valence electrons. The van der Waals surface area contributed by atoms with Crippen LogP contribution in [0.3, 0.4) is 0 Å². The molecular formula is C14H20O3. The third-order valence-electron chi connectivity index (χ3n) is 2.55. The zero-order valence-electron chi connectivity index (χ0n) is 10.6. The van der Waals surface area contributed by atoms with Crippen molar-refractivity contribution < 1.29 is 14.6 Å². The Morgan fingerprint density at radius 1 is 1.41 bits per heavy atom. The molecule has 0 heterocycles. The molecule has 1 aromatic rings. The fourth-order valence-electron chi connectivity index (χ4n) is 1.82. The van der Waals surface area contributed by atoms with Gasteiger partial charge in [0.15, 0.2) is 0 Å². The Bertz CT molecular complexity index is 371. The van der Waals surface area contributed by atoms with E-state index in [0.717, 1.165) is 12.0 Å². The van der Waals surface area contributed by atoms with E-state index >= 15 is 0 Å². The van der Waals surface area contributed by atoms with Crippen molar-refractivity contribution in [2.45, 2.75) is 33.1 Å². The van der Waals surface area contributed by atoms with Crippen molar-refractivity contribution in [3.63, 3.8) is 0 Å². The van der Waals surface area contributed by atoms with Crippen molar-refractivity contribution >= 4 is 5.97 Å². The van der Waals surface area contributed by atoms with Crippen molar-refractivity contribution in [2.24, 2.45) is 5.92 Å². The van der Waals surface area contributed by atoms with E-state index in [0.29, 0.717) is 12.5 Å². The highest BCUT2D eigenvalue weighted by Gasteiger charge is 2.23. The molecule has 3 nitrogen and oxygen atoms in total. The first-order valence-corrected chi connectivity index (χ1v) is 6.00. The van der Waals surface area contributed by atoms with Crippen LogP contribution in [0, 0.1) is 5.92 Å². The Hall–Kier alpha value is -1.51. The van der Waals surface area contributed by atoms with Crippen molar-refractivity contribution in [3.8, 4) is 5.75 Å².